The Hall–Kier alpha value is -1.61. The van der Waals surface area contributed by atoms with Crippen molar-refractivity contribution in [3.63, 3.8) is 0 Å². The first-order valence-electron chi connectivity index (χ1n) is 7.18. The molecule has 1 aliphatic carbocycles. The molecule has 3 nitrogen and oxygen atoms in total. The van der Waals surface area contributed by atoms with Gasteiger partial charge in [-0.2, -0.15) is 0 Å². The van der Waals surface area contributed by atoms with Crippen molar-refractivity contribution in [2.45, 2.75) is 31.7 Å². The van der Waals surface area contributed by atoms with Crippen LogP contribution >= 0.6 is 0 Å². The van der Waals surface area contributed by atoms with E-state index in [9.17, 15) is 0 Å². The summed E-state index contributed by atoms with van der Waals surface area (Å²) >= 11 is 0. The van der Waals surface area contributed by atoms with Gasteiger partial charge in [-0.1, -0.05) is 31.0 Å². The number of fused-ring (bicyclic) bond motifs is 1. The Balaban J connectivity index is 1.80. The van der Waals surface area contributed by atoms with Crippen LogP contribution in [0.25, 0.3) is 10.9 Å². The molecule has 3 heteroatoms. The van der Waals surface area contributed by atoms with Crippen molar-refractivity contribution in [3.8, 4) is 0 Å². The lowest BCUT2D eigenvalue weighted by molar-refractivity contribution is 0.332. The van der Waals surface area contributed by atoms with Gasteiger partial charge in [0.2, 0.25) is 0 Å². The Morgan fingerprint density at radius 3 is 2.95 bits per heavy atom. The highest BCUT2D eigenvalue weighted by atomic mass is 14.9. The summed E-state index contributed by atoms with van der Waals surface area (Å²) in [5.74, 6) is 0.597. The molecule has 0 aliphatic heterocycles. The van der Waals surface area contributed by atoms with Crippen molar-refractivity contribution in [1.29, 1.82) is 0 Å². The van der Waals surface area contributed by atoms with E-state index < -0.39 is 0 Å². The summed E-state index contributed by atoms with van der Waals surface area (Å²) in [6, 6.07) is 10.9. The number of para-hydroxylation sites is 1. The Bertz CT molecular complexity index is 552. The molecule has 1 heterocycles. The third kappa shape index (κ3) is 2.71. The van der Waals surface area contributed by atoms with E-state index in [1.807, 2.05) is 18.3 Å². The first-order valence-corrected chi connectivity index (χ1v) is 7.18. The summed E-state index contributed by atoms with van der Waals surface area (Å²) in [5, 5.41) is 4.82. The molecule has 3 rings (SSSR count). The van der Waals surface area contributed by atoms with Gasteiger partial charge in [0.25, 0.3) is 0 Å². The van der Waals surface area contributed by atoms with Crippen molar-refractivity contribution in [2.24, 2.45) is 11.7 Å². The van der Waals surface area contributed by atoms with E-state index in [0.717, 1.165) is 17.7 Å². The second-order valence-corrected chi connectivity index (χ2v) is 5.45. The van der Waals surface area contributed by atoms with E-state index in [4.69, 9.17) is 5.73 Å². The molecule has 3 N–H and O–H groups in total. The first kappa shape index (κ1) is 12.4. The third-order valence-electron chi connectivity index (χ3n) is 4.15. The molecule has 2 unspecified atom stereocenters. The number of rotatable bonds is 3. The summed E-state index contributed by atoms with van der Waals surface area (Å²) in [4.78, 5) is 4.50. The molecule has 1 aliphatic rings. The number of anilines is 1. The molecule has 100 valence electrons. The highest BCUT2D eigenvalue weighted by molar-refractivity contribution is 5.81. The zero-order valence-corrected chi connectivity index (χ0v) is 11.2. The van der Waals surface area contributed by atoms with Gasteiger partial charge in [-0.25, -0.2) is 0 Å². The predicted octanol–water partition coefficient (Wildman–Crippen LogP) is 3.16. The van der Waals surface area contributed by atoms with E-state index >= 15 is 0 Å². The molecular formula is C16H21N3. The quantitative estimate of drug-likeness (QED) is 0.885. The number of pyridine rings is 1. The lowest BCUT2D eigenvalue weighted by atomic mass is 9.84. The Labute approximate surface area is 114 Å². The number of benzene rings is 1. The van der Waals surface area contributed by atoms with Gasteiger partial charge in [-0.3, -0.25) is 4.98 Å². The standard InChI is InChI=1S/C16H21N3/c17-10-13-6-2-4-8-16(13)19-14-9-12-5-1-3-7-15(12)18-11-14/h1,3,5,7,9,11,13,16,19H,2,4,6,8,10,17H2. The predicted molar refractivity (Wildman–Crippen MR) is 80.2 cm³/mol. The fourth-order valence-corrected chi connectivity index (χ4v) is 3.04. The SMILES string of the molecule is NCC1CCCCC1Nc1cnc2ccccc2c1. The van der Waals surface area contributed by atoms with Gasteiger partial charge in [-0.05, 0) is 37.4 Å². The second-order valence-electron chi connectivity index (χ2n) is 5.45. The van der Waals surface area contributed by atoms with Gasteiger partial charge in [-0.15, -0.1) is 0 Å². The maximum absolute atomic E-state index is 5.88. The van der Waals surface area contributed by atoms with Crippen molar-refractivity contribution < 1.29 is 0 Å². The van der Waals surface area contributed by atoms with Crippen LogP contribution in [0.3, 0.4) is 0 Å². The smallest absolute Gasteiger partial charge is 0.0703 e. The zero-order valence-electron chi connectivity index (χ0n) is 11.2. The summed E-state index contributed by atoms with van der Waals surface area (Å²) in [7, 11) is 0. The third-order valence-corrected chi connectivity index (χ3v) is 4.15. The molecule has 19 heavy (non-hydrogen) atoms. The molecule has 2 atom stereocenters. The van der Waals surface area contributed by atoms with Crippen molar-refractivity contribution >= 4 is 16.6 Å². The number of hydrogen-bond donors (Lipinski definition) is 2. The molecule has 0 saturated heterocycles. The molecule has 1 fully saturated rings. The Morgan fingerprint density at radius 2 is 2.05 bits per heavy atom. The average molecular weight is 255 g/mol. The molecule has 0 radical (unpaired) electrons. The lowest BCUT2D eigenvalue weighted by Crippen LogP contribution is -2.36. The number of aromatic nitrogens is 1. The normalized spacial score (nSPS) is 23.4. The molecule has 0 amide bonds. The van der Waals surface area contributed by atoms with E-state index in [1.54, 1.807) is 0 Å². The van der Waals surface area contributed by atoms with Gasteiger partial charge in [0.15, 0.2) is 0 Å². The first-order chi connectivity index (χ1) is 9.36. The van der Waals surface area contributed by atoms with Crippen LogP contribution in [-0.4, -0.2) is 17.6 Å². The molecule has 0 spiro atoms. The fraction of sp³-hybridized carbons (Fsp3) is 0.438. The molecule has 0 bridgehead atoms. The van der Waals surface area contributed by atoms with Gasteiger partial charge in [0.05, 0.1) is 17.4 Å². The highest BCUT2D eigenvalue weighted by Crippen LogP contribution is 2.27. The maximum Gasteiger partial charge on any atom is 0.0703 e. The topological polar surface area (TPSA) is 50.9 Å². The van der Waals surface area contributed by atoms with Gasteiger partial charge >= 0.3 is 0 Å². The minimum Gasteiger partial charge on any atom is -0.381 e. The van der Waals surface area contributed by atoms with Gasteiger partial charge in [0.1, 0.15) is 0 Å². The largest absolute Gasteiger partial charge is 0.381 e. The molecule has 1 saturated carbocycles. The maximum atomic E-state index is 5.88. The fourth-order valence-electron chi connectivity index (χ4n) is 3.04. The van der Waals surface area contributed by atoms with Crippen LogP contribution in [0.2, 0.25) is 0 Å². The summed E-state index contributed by atoms with van der Waals surface area (Å²) < 4.78 is 0. The lowest BCUT2D eigenvalue weighted by Gasteiger charge is -2.32. The van der Waals surface area contributed by atoms with E-state index in [1.165, 1.54) is 31.1 Å². The van der Waals surface area contributed by atoms with E-state index in [0.29, 0.717) is 12.0 Å². The summed E-state index contributed by atoms with van der Waals surface area (Å²) in [6.45, 7) is 0.776. The number of nitrogens with zero attached hydrogens (tertiary/aromatic N) is 1. The Morgan fingerprint density at radius 1 is 1.21 bits per heavy atom. The summed E-state index contributed by atoms with van der Waals surface area (Å²) in [5.41, 5.74) is 8.05. The number of nitrogens with one attached hydrogen (secondary N) is 1. The minimum absolute atomic E-state index is 0.502. The average Bonchev–Trinajstić information content (AvgIpc) is 2.48. The zero-order chi connectivity index (χ0) is 13.1. The highest BCUT2D eigenvalue weighted by Gasteiger charge is 2.23. The number of hydrogen-bond acceptors (Lipinski definition) is 3. The molecule has 2 aromatic rings. The van der Waals surface area contributed by atoms with Crippen LogP contribution in [0.4, 0.5) is 5.69 Å². The van der Waals surface area contributed by atoms with Crippen LogP contribution in [0.1, 0.15) is 25.7 Å². The van der Waals surface area contributed by atoms with Crippen molar-refractivity contribution in [2.75, 3.05) is 11.9 Å². The van der Waals surface area contributed by atoms with Gasteiger partial charge < -0.3 is 11.1 Å². The van der Waals surface area contributed by atoms with Crippen LogP contribution < -0.4 is 11.1 Å². The number of nitrogens with two attached hydrogens (primary N) is 1. The van der Waals surface area contributed by atoms with Crippen LogP contribution in [0.5, 0.6) is 0 Å². The molecule has 1 aromatic carbocycles. The summed E-state index contributed by atoms with van der Waals surface area (Å²) in [6.07, 6.45) is 7.01. The second kappa shape index (κ2) is 5.57. The van der Waals surface area contributed by atoms with Crippen molar-refractivity contribution in [3.05, 3.63) is 36.5 Å². The van der Waals surface area contributed by atoms with E-state index in [-0.39, 0.29) is 0 Å². The van der Waals surface area contributed by atoms with Crippen molar-refractivity contribution in [1.82, 2.24) is 4.98 Å². The van der Waals surface area contributed by atoms with E-state index in [2.05, 4.69) is 28.5 Å². The van der Waals surface area contributed by atoms with Crippen LogP contribution in [0, 0.1) is 5.92 Å². The molecule has 1 aromatic heterocycles. The minimum atomic E-state index is 0.502. The van der Waals surface area contributed by atoms with Gasteiger partial charge in [0, 0.05) is 11.4 Å². The van der Waals surface area contributed by atoms with Crippen LogP contribution in [-0.2, 0) is 0 Å². The molecular weight excluding hydrogens is 234 g/mol. The Kier molecular flexibility index (Phi) is 3.65. The monoisotopic (exact) mass is 255 g/mol. The van der Waals surface area contributed by atoms with Crippen LogP contribution in [0.15, 0.2) is 36.5 Å².